The van der Waals surface area contributed by atoms with Gasteiger partial charge in [-0.3, -0.25) is 0 Å². The zero-order chi connectivity index (χ0) is 12.2. The van der Waals surface area contributed by atoms with Crippen LogP contribution < -0.4 is 5.32 Å². The first-order valence-electron chi connectivity index (χ1n) is 5.65. The first-order valence-corrected chi connectivity index (χ1v) is 5.65. The van der Waals surface area contributed by atoms with Crippen LogP contribution in [0, 0.1) is 0 Å². The van der Waals surface area contributed by atoms with E-state index >= 15 is 0 Å². The number of rotatable bonds is 4. The van der Waals surface area contributed by atoms with E-state index in [1.807, 2.05) is 30.3 Å². The maximum Gasteiger partial charge on any atom is 0.214 e. The summed E-state index contributed by atoms with van der Waals surface area (Å²) in [6, 6.07) is 9.89. The molecule has 2 heterocycles. The van der Waals surface area contributed by atoms with Crippen LogP contribution >= 0.6 is 0 Å². The van der Waals surface area contributed by atoms with E-state index in [-0.39, 0.29) is 0 Å². The number of hydrogen-bond acceptors (Lipinski definition) is 4. The number of imidazole rings is 1. The SMILES string of the molecule is c1ccc(-c2cnc(CNc3ncc[nH]3)o2)cc1. The Morgan fingerprint density at radius 2 is 2.06 bits per heavy atom. The highest BCUT2D eigenvalue weighted by Gasteiger charge is 2.05. The van der Waals surface area contributed by atoms with Crippen LogP contribution in [-0.4, -0.2) is 15.0 Å². The van der Waals surface area contributed by atoms with E-state index < -0.39 is 0 Å². The predicted molar refractivity (Wildman–Crippen MR) is 67.9 cm³/mol. The predicted octanol–water partition coefficient (Wildman–Crippen LogP) is 2.68. The molecule has 2 N–H and O–H groups in total. The Bertz CT molecular complexity index is 601. The summed E-state index contributed by atoms with van der Waals surface area (Å²) < 4.78 is 5.65. The van der Waals surface area contributed by atoms with Gasteiger partial charge in [-0.25, -0.2) is 9.97 Å². The minimum atomic E-state index is 0.500. The Balaban J connectivity index is 1.70. The summed E-state index contributed by atoms with van der Waals surface area (Å²) in [5.41, 5.74) is 1.02. The fourth-order valence-electron chi connectivity index (χ4n) is 1.65. The van der Waals surface area contributed by atoms with Crippen LogP contribution in [-0.2, 0) is 6.54 Å². The second kappa shape index (κ2) is 4.75. The van der Waals surface area contributed by atoms with Crippen molar-refractivity contribution in [3.8, 4) is 11.3 Å². The first-order chi connectivity index (χ1) is 8.92. The summed E-state index contributed by atoms with van der Waals surface area (Å²) in [4.78, 5) is 11.2. The smallest absolute Gasteiger partial charge is 0.214 e. The van der Waals surface area contributed by atoms with Crippen LogP contribution in [0.3, 0.4) is 0 Å². The van der Waals surface area contributed by atoms with E-state index in [0.29, 0.717) is 18.4 Å². The van der Waals surface area contributed by atoms with Crippen molar-refractivity contribution in [2.45, 2.75) is 6.54 Å². The molecular formula is C13H12N4O. The van der Waals surface area contributed by atoms with Crippen LogP contribution in [0.5, 0.6) is 0 Å². The van der Waals surface area contributed by atoms with Gasteiger partial charge in [0.1, 0.15) is 0 Å². The van der Waals surface area contributed by atoms with Crippen molar-refractivity contribution in [2.75, 3.05) is 5.32 Å². The second-order valence-electron chi connectivity index (χ2n) is 3.78. The summed E-state index contributed by atoms with van der Waals surface area (Å²) in [5.74, 6) is 2.10. The van der Waals surface area contributed by atoms with Gasteiger partial charge in [-0.2, -0.15) is 0 Å². The molecule has 0 aliphatic carbocycles. The largest absolute Gasteiger partial charge is 0.439 e. The third kappa shape index (κ3) is 2.24. The fraction of sp³-hybridized carbons (Fsp3) is 0.0769. The van der Waals surface area contributed by atoms with E-state index in [4.69, 9.17) is 4.42 Å². The normalized spacial score (nSPS) is 10.4. The van der Waals surface area contributed by atoms with Gasteiger partial charge < -0.3 is 14.7 Å². The molecule has 3 aromatic rings. The lowest BCUT2D eigenvalue weighted by Crippen LogP contribution is -2.00. The zero-order valence-corrected chi connectivity index (χ0v) is 9.63. The lowest BCUT2D eigenvalue weighted by atomic mass is 10.2. The molecule has 0 bridgehead atoms. The molecule has 2 aromatic heterocycles. The van der Waals surface area contributed by atoms with Gasteiger partial charge >= 0.3 is 0 Å². The van der Waals surface area contributed by atoms with E-state index in [1.54, 1.807) is 18.6 Å². The lowest BCUT2D eigenvalue weighted by molar-refractivity contribution is 0.515. The molecule has 3 rings (SSSR count). The average molecular weight is 240 g/mol. The Kier molecular flexibility index (Phi) is 2.79. The molecule has 0 saturated heterocycles. The third-order valence-electron chi connectivity index (χ3n) is 2.52. The number of H-pyrrole nitrogens is 1. The fourth-order valence-corrected chi connectivity index (χ4v) is 1.65. The number of hydrogen-bond donors (Lipinski definition) is 2. The van der Waals surface area contributed by atoms with E-state index in [0.717, 1.165) is 11.3 Å². The molecule has 1 aromatic carbocycles. The van der Waals surface area contributed by atoms with Gasteiger partial charge in [0.15, 0.2) is 5.76 Å². The molecular weight excluding hydrogens is 228 g/mol. The van der Waals surface area contributed by atoms with Crippen molar-refractivity contribution in [1.29, 1.82) is 0 Å². The van der Waals surface area contributed by atoms with Crippen LogP contribution in [0.15, 0.2) is 53.3 Å². The quantitative estimate of drug-likeness (QED) is 0.735. The molecule has 0 fully saturated rings. The molecule has 18 heavy (non-hydrogen) atoms. The van der Waals surface area contributed by atoms with Gasteiger partial charge in [0.25, 0.3) is 0 Å². The highest BCUT2D eigenvalue weighted by molar-refractivity contribution is 5.55. The monoisotopic (exact) mass is 240 g/mol. The van der Waals surface area contributed by atoms with Crippen molar-refractivity contribution in [3.63, 3.8) is 0 Å². The number of benzene rings is 1. The summed E-state index contributed by atoms with van der Waals surface area (Å²) in [6.07, 6.45) is 5.18. The van der Waals surface area contributed by atoms with Gasteiger partial charge in [-0.15, -0.1) is 0 Å². The molecule has 0 aliphatic heterocycles. The van der Waals surface area contributed by atoms with Crippen LogP contribution in [0.2, 0.25) is 0 Å². The summed E-state index contributed by atoms with van der Waals surface area (Å²) >= 11 is 0. The van der Waals surface area contributed by atoms with Crippen LogP contribution in [0.1, 0.15) is 5.89 Å². The molecule has 90 valence electrons. The highest BCUT2D eigenvalue weighted by Crippen LogP contribution is 2.19. The van der Waals surface area contributed by atoms with E-state index in [2.05, 4.69) is 20.3 Å². The minimum Gasteiger partial charge on any atom is -0.439 e. The summed E-state index contributed by atoms with van der Waals surface area (Å²) in [7, 11) is 0. The topological polar surface area (TPSA) is 66.7 Å². The molecule has 0 unspecified atom stereocenters. The summed E-state index contributed by atoms with van der Waals surface area (Å²) in [5, 5.41) is 3.08. The number of nitrogens with one attached hydrogen (secondary N) is 2. The second-order valence-corrected chi connectivity index (χ2v) is 3.78. The van der Waals surface area contributed by atoms with Crippen molar-refractivity contribution in [3.05, 3.63) is 54.8 Å². The van der Waals surface area contributed by atoms with Gasteiger partial charge in [0.05, 0.1) is 12.7 Å². The van der Waals surface area contributed by atoms with E-state index in [1.165, 1.54) is 0 Å². The molecule has 0 aliphatic rings. The molecule has 5 nitrogen and oxygen atoms in total. The number of oxazole rings is 1. The standard InChI is InChI=1S/C13H12N4O/c1-2-4-10(5-3-1)11-8-16-12(18-11)9-17-13-14-6-7-15-13/h1-8H,9H2,(H2,14,15,17). The zero-order valence-electron chi connectivity index (χ0n) is 9.63. The Hall–Kier alpha value is -2.56. The maximum absolute atomic E-state index is 5.65. The molecule has 0 spiro atoms. The summed E-state index contributed by atoms with van der Waals surface area (Å²) in [6.45, 7) is 0.500. The third-order valence-corrected chi connectivity index (χ3v) is 2.52. The number of aromatic amines is 1. The molecule has 5 heteroatoms. The van der Waals surface area contributed by atoms with Gasteiger partial charge in [0, 0.05) is 18.0 Å². The number of aromatic nitrogens is 3. The molecule has 0 amide bonds. The first kappa shape index (κ1) is 10.6. The van der Waals surface area contributed by atoms with Crippen molar-refractivity contribution < 1.29 is 4.42 Å². The Labute approximate surface area is 104 Å². The van der Waals surface area contributed by atoms with E-state index in [9.17, 15) is 0 Å². The van der Waals surface area contributed by atoms with Crippen molar-refractivity contribution in [1.82, 2.24) is 15.0 Å². The highest BCUT2D eigenvalue weighted by atomic mass is 16.4. The molecule has 0 atom stereocenters. The van der Waals surface area contributed by atoms with Crippen molar-refractivity contribution in [2.24, 2.45) is 0 Å². The minimum absolute atomic E-state index is 0.500. The molecule has 0 radical (unpaired) electrons. The van der Waals surface area contributed by atoms with Crippen LogP contribution in [0.4, 0.5) is 5.95 Å². The van der Waals surface area contributed by atoms with Gasteiger partial charge in [-0.05, 0) is 0 Å². The lowest BCUT2D eigenvalue weighted by Gasteiger charge is -1.98. The maximum atomic E-state index is 5.65. The number of nitrogens with zero attached hydrogens (tertiary/aromatic N) is 2. The van der Waals surface area contributed by atoms with Crippen LogP contribution in [0.25, 0.3) is 11.3 Å². The molecule has 0 saturated carbocycles. The number of anilines is 1. The van der Waals surface area contributed by atoms with Gasteiger partial charge in [-0.1, -0.05) is 30.3 Å². The Morgan fingerprint density at radius 1 is 1.17 bits per heavy atom. The Morgan fingerprint density at radius 3 is 2.83 bits per heavy atom. The van der Waals surface area contributed by atoms with Crippen molar-refractivity contribution >= 4 is 5.95 Å². The average Bonchev–Trinajstić information content (AvgIpc) is 3.09. The van der Waals surface area contributed by atoms with Gasteiger partial charge in [0.2, 0.25) is 11.8 Å².